The number of nitrogens with zero attached hydrogens (tertiary/aromatic N) is 1. The molecule has 0 spiro atoms. The zero-order valence-corrected chi connectivity index (χ0v) is 22.9. The molecule has 8 nitrogen and oxygen atoms in total. The van der Waals surface area contributed by atoms with Gasteiger partial charge in [-0.3, -0.25) is 0 Å². The Balaban J connectivity index is 2.29. The van der Waals surface area contributed by atoms with Gasteiger partial charge in [0.1, 0.15) is 12.4 Å². The van der Waals surface area contributed by atoms with Crippen LogP contribution in [0.25, 0.3) is 0 Å². The molecule has 1 unspecified atom stereocenters. The first-order valence-electron chi connectivity index (χ1n) is 12.6. The van der Waals surface area contributed by atoms with Crippen molar-refractivity contribution in [1.82, 2.24) is 15.5 Å². The van der Waals surface area contributed by atoms with Gasteiger partial charge >= 0.3 is 6.09 Å². The van der Waals surface area contributed by atoms with E-state index < -0.39 is 0 Å². The third-order valence-electron chi connectivity index (χ3n) is 6.33. The number of hydrogen-bond donors (Lipinski definition) is 2. The van der Waals surface area contributed by atoms with Crippen LogP contribution in [0.5, 0.6) is 0 Å². The normalized spacial score (nSPS) is 18.6. The second-order valence-corrected chi connectivity index (χ2v) is 8.84. The van der Waals surface area contributed by atoms with E-state index in [1.807, 2.05) is 13.8 Å². The summed E-state index contributed by atoms with van der Waals surface area (Å²) in [5, 5.41) is 6.19. The monoisotopic (exact) mass is 493 g/mol. The van der Waals surface area contributed by atoms with Gasteiger partial charge in [0.15, 0.2) is 11.5 Å². The Kier molecular flexibility index (Phi) is 14.9. The Hall–Kier alpha value is -2.45. The molecule has 1 aliphatic carbocycles. The lowest BCUT2D eigenvalue weighted by molar-refractivity contribution is 0.145. The molecule has 0 aromatic rings. The highest BCUT2D eigenvalue weighted by Gasteiger charge is 2.24. The van der Waals surface area contributed by atoms with Gasteiger partial charge in [0.2, 0.25) is 0 Å². The minimum absolute atomic E-state index is 0.149. The Morgan fingerprint density at radius 2 is 1.77 bits per heavy atom. The Morgan fingerprint density at radius 1 is 1.03 bits per heavy atom. The number of allylic oxidation sites excluding steroid dienone is 5. The number of ether oxygens (including phenoxy) is 4. The molecular formula is C27H47N3O5. The molecule has 0 aliphatic heterocycles. The van der Waals surface area contributed by atoms with Gasteiger partial charge in [-0.25, -0.2) is 4.79 Å². The molecule has 0 heterocycles. The summed E-state index contributed by atoms with van der Waals surface area (Å²) in [6, 6.07) is 0. The molecule has 1 amide bonds. The summed E-state index contributed by atoms with van der Waals surface area (Å²) in [6.07, 6.45) is 12.0. The summed E-state index contributed by atoms with van der Waals surface area (Å²) >= 11 is 0. The van der Waals surface area contributed by atoms with Crippen molar-refractivity contribution in [2.75, 3.05) is 67.7 Å². The maximum absolute atomic E-state index is 12.0. The molecule has 0 fully saturated rings. The van der Waals surface area contributed by atoms with Gasteiger partial charge in [0.05, 0.1) is 21.3 Å². The maximum atomic E-state index is 12.0. The topological polar surface area (TPSA) is 81.3 Å². The summed E-state index contributed by atoms with van der Waals surface area (Å²) in [7, 11) is 6.96. The number of methoxy groups -OCH3 is 3. The highest BCUT2D eigenvalue weighted by Crippen LogP contribution is 2.34. The van der Waals surface area contributed by atoms with Crippen molar-refractivity contribution in [3.63, 3.8) is 0 Å². The van der Waals surface area contributed by atoms with Gasteiger partial charge in [-0.1, -0.05) is 38.2 Å². The zero-order chi connectivity index (χ0) is 26.1. The molecule has 0 aromatic heterocycles. The SMILES string of the molecule is CCC(OC)=C(OC)C(OC)=C(C)CN(C)CCNCCOC(=O)NCCC1(CC)C=CC=CC1. The zero-order valence-electron chi connectivity index (χ0n) is 22.9. The first-order chi connectivity index (χ1) is 16.9. The summed E-state index contributed by atoms with van der Waals surface area (Å²) in [5.74, 6) is 2.09. The van der Waals surface area contributed by atoms with Crippen LogP contribution >= 0.6 is 0 Å². The first kappa shape index (κ1) is 30.6. The molecule has 8 heteroatoms. The summed E-state index contributed by atoms with van der Waals surface area (Å²) in [4.78, 5) is 14.2. The predicted octanol–water partition coefficient (Wildman–Crippen LogP) is 4.37. The molecule has 1 atom stereocenters. The van der Waals surface area contributed by atoms with Crippen LogP contribution in [0.1, 0.15) is 46.5 Å². The van der Waals surface area contributed by atoms with Crippen LogP contribution in [0.3, 0.4) is 0 Å². The van der Waals surface area contributed by atoms with Crippen LogP contribution in [0, 0.1) is 5.41 Å². The van der Waals surface area contributed by atoms with Crippen LogP contribution in [0.2, 0.25) is 0 Å². The smallest absolute Gasteiger partial charge is 0.407 e. The number of likely N-dealkylation sites (N-methyl/N-ethyl adjacent to an activating group) is 1. The summed E-state index contributed by atoms with van der Waals surface area (Å²) in [5.41, 5.74) is 1.20. The van der Waals surface area contributed by atoms with Gasteiger partial charge in [0.25, 0.3) is 0 Å². The second kappa shape index (κ2) is 17.1. The molecule has 1 rings (SSSR count). The average Bonchev–Trinajstić information content (AvgIpc) is 2.86. The predicted molar refractivity (Wildman–Crippen MR) is 141 cm³/mol. The number of nitrogens with one attached hydrogen (secondary N) is 2. The third-order valence-corrected chi connectivity index (χ3v) is 6.33. The van der Waals surface area contributed by atoms with Crippen LogP contribution in [-0.2, 0) is 18.9 Å². The van der Waals surface area contributed by atoms with Crippen LogP contribution in [0.4, 0.5) is 4.79 Å². The molecule has 0 saturated carbocycles. The minimum atomic E-state index is -0.358. The summed E-state index contributed by atoms with van der Waals surface area (Å²) in [6.45, 7) is 10.1. The molecular weight excluding hydrogens is 446 g/mol. The van der Waals surface area contributed by atoms with Crippen molar-refractivity contribution >= 4 is 6.09 Å². The summed E-state index contributed by atoms with van der Waals surface area (Å²) < 4.78 is 21.9. The molecule has 0 bridgehead atoms. The molecule has 0 saturated heterocycles. The van der Waals surface area contributed by atoms with Gasteiger partial charge in [0, 0.05) is 39.1 Å². The van der Waals surface area contributed by atoms with Crippen molar-refractivity contribution < 1.29 is 23.7 Å². The van der Waals surface area contributed by atoms with Crippen molar-refractivity contribution in [1.29, 1.82) is 0 Å². The molecule has 35 heavy (non-hydrogen) atoms. The number of amides is 1. The minimum Gasteiger partial charge on any atom is -0.497 e. The molecule has 0 aromatic carbocycles. The number of rotatable bonds is 17. The van der Waals surface area contributed by atoms with Gasteiger partial charge in [-0.2, -0.15) is 0 Å². The van der Waals surface area contributed by atoms with E-state index in [1.54, 1.807) is 21.3 Å². The van der Waals surface area contributed by atoms with E-state index in [-0.39, 0.29) is 11.5 Å². The lowest BCUT2D eigenvalue weighted by atomic mass is 9.76. The van der Waals surface area contributed by atoms with E-state index in [0.717, 1.165) is 50.2 Å². The molecule has 2 N–H and O–H groups in total. The van der Waals surface area contributed by atoms with Gasteiger partial charge < -0.3 is 34.5 Å². The number of carbonyl (C=O) groups excluding carboxylic acids is 1. The van der Waals surface area contributed by atoms with Gasteiger partial charge in [-0.15, -0.1) is 0 Å². The fourth-order valence-electron chi connectivity index (χ4n) is 4.16. The highest BCUT2D eigenvalue weighted by atomic mass is 16.5. The fourth-order valence-corrected chi connectivity index (χ4v) is 4.16. The van der Waals surface area contributed by atoms with Crippen LogP contribution < -0.4 is 10.6 Å². The van der Waals surface area contributed by atoms with Crippen molar-refractivity contribution in [3.8, 4) is 0 Å². The van der Waals surface area contributed by atoms with Crippen molar-refractivity contribution in [3.05, 3.63) is 47.2 Å². The van der Waals surface area contributed by atoms with Gasteiger partial charge in [-0.05, 0) is 44.2 Å². The Bertz CT molecular complexity index is 754. The number of alkyl carbamates (subject to hydrolysis) is 1. The Morgan fingerprint density at radius 3 is 2.34 bits per heavy atom. The van der Waals surface area contributed by atoms with E-state index in [2.05, 4.69) is 53.8 Å². The van der Waals surface area contributed by atoms with Crippen molar-refractivity contribution in [2.24, 2.45) is 5.41 Å². The lowest BCUT2D eigenvalue weighted by Gasteiger charge is -2.30. The van der Waals surface area contributed by atoms with Crippen LogP contribution in [0.15, 0.2) is 47.2 Å². The van der Waals surface area contributed by atoms with E-state index in [9.17, 15) is 4.79 Å². The van der Waals surface area contributed by atoms with E-state index in [1.165, 1.54) is 0 Å². The Labute approximate surface area is 212 Å². The fraction of sp³-hybridized carbons (Fsp3) is 0.667. The lowest BCUT2D eigenvalue weighted by Crippen LogP contribution is -2.34. The van der Waals surface area contributed by atoms with E-state index in [4.69, 9.17) is 18.9 Å². The average molecular weight is 494 g/mol. The van der Waals surface area contributed by atoms with E-state index in [0.29, 0.717) is 37.6 Å². The molecule has 0 radical (unpaired) electrons. The molecule has 200 valence electrons. The van der Waals surface area contributed by atoms with E-state index >= 15 is 0 Å². The standard InChI is InChI=1S/C27H47N3O5/c1-8-23(32-5)25(34-7)24(33-6)22(3)21-30(4)19-17-28-18-20-35-26(31)29-16-15-27(9-2)13-11-10-12-14-27/h10-13,28H,8-9,14-21H2,1-7H3,(H,29,31). The number of carbonyl (C=O) groups is 1. The largest absolute Gasteiger partial charge is 0.497 e. The maximum Gasteiger partial charge on any atom is 0.407 e. The van der Waals surface area contributed by atoms with Crippen molar-refractivity contribution in [2.45, 2.75) is 46.5 Å². The quantitative estimate of drug-likeness (QED) is 0.177. The van der Waals surface area contributed by atoms with Crippen LogP contribution in [-0.4, -0.2) is 78.7 Å². The highest BCUT2D eigenvalue weighted by molar-refractivity contribution is 5.67. The third kappa shape index (κ3) is 10.8. The first-order valence-corrected chi connectivity index (χ1v) is 12.6. The molecule has 1 aliphatic rings. The second-order valence-electron chi connectivity index (χ2n) is 8.84. The number of hydrogen-bond acceptors (Lipinski definition) is 7.